The van der Waals surface area contributed by atoms with Gasteiger partial charge in [-0.25, -0.2) is 0 Å². The summed E-state index contributed by atoms with van der Waals surface area (Å²) < 4.78 is 38.8. The Bertz CT molecular complexity index is 842. The van der Waals surface area contributed by atoms with Crippen LogP contribution in [0.5, 0.6) is 0 Å². The van der Waals surface area contributed by atoms with Crippen LogP contribution in [0.15, 0.2) is 30.3 Å². The minimum atomic E-state index is -4.93. The fourth-order valence-corrected chi connectivity index (χ4v) is 5.97. The van der Waals surface area contributed by atoms with Gasteiger partial charge in [0.15, 0.2) is 0 Å². The monoisotopic (exact) mass is 480 g/mol. The molecule has 1 aromatic carbocycles. The molecule has 1 aliphatic carbocycles. The smallest absolute Gasteiger partial charge is 0.348 e. The maximum absolute atomic E-state index is 12.9. The Labute approximate surface area is 199 Å². The van der Waals surface area contributed by atoms with Crippen molar-refractivity contribution in [3.63, 3.8) is 0 Å². The van der Waals surface area contributed by atoms with Gasteiger partial charge in [0.05, 0.1) is 6.54 Å². The molecule has 0 bridgehead atoms. The third-order valence-corrected chi connectivity index (χ3v) is 7.68. The Morgan fingerprint density at radius 1 is 1.09 bits per heavy atom. The number of nitrogens with zero attached hydrogens (tertiary/aromatic N) is 2. The highest BCUT2D eigenvalue weighted by Crippen LogP contribution is 2.38. The number of para-hydroxylation sites is 1. The van der Waals surface area contributed by atoms with Crippen LogP contribution in [0.25, 0.3) is 0 Å². The van der Waals surface area contributed by atoms with Crippen LogP contribution in [0, 0.1) is 11.8 Å². The first-order chi connectivity index (χ1) is 16.3. The van der Waals surface area contributed by atoms with Gasteiger partial charge in [0.2, 0.25) is 5.91 Å². The lowest BCUT2D eigenvalue weighted by Crippen LogP contribution is -2.67. The molecule has 2 atom stereocenters. The van der Waals surface area contributed by atoms with Gasteiger partial charge in [-0.2, -0.15) is 13.2 Å². The van der Waals surface area contributed by atoms with Crippen LogP contribution in [0.1, 0.15) is 51.4 Å². The average molecular weight is 481 g/mol. The standard InChI is InChI=1S/C25H35F3N4O2/c26-25(27,28)23(34)29-15-20-17-31(16-19-9-5-2-1-3-6-10-19)14-13-24(20)30-22(33)18-32(24)21-11-7-4-8-12-21/h4,7-8,11-12,19-20H,1-3,5-6,9-10,13-18H2,(H,29,34)(H,30,33). The predicted molar refractivity (Wildman–Crippen MR) is 124 cm³/mol. The number of hydrogen-bond acceptors (Lipinski definition) is 4. The van der Waals surface area contributed by atoms with E-state index < -0.39 is 17.7 Å². The molecule has 188 valence electrons. The molecule has 3 aliphatic rings. The molecule has 1 saturated carbocycles. The zero-order valence-electron chi connectivity index (χ0n) is 19.6. The largest absolute Gasteiger partial charge is 0.471 e. The summed E-state index contributed by atoms with van der Waals surface area (Å²) in [5.74, 6) is -1.88. The number of rotatable bonds is 5. The van der Waals surface area contributed by atoms with Gasteiger partial charge >= 0.3 is 12.1 Å². The minimum Gasteiger partial charge on any atom is -0.348 e. The molecule has 2 aliphatic heterocycles. The van der Waals surface area contributed by atoms with Crippen molar-refractivity contribution in [1.29, 1.82) is 0 Å². The van der Waals surface area contributed by atoms with E-state index in [0.717, 1.165) is 18.8 Å². The van der Waals surface area contributed by atoms with E-state index in [2.05, 4.69) is 15.5 Å². The van der Waals surface area contributed by atoms with Crippen LogP contribution in [-0.4, -0.2) is 61.3 Å². The van der Waals surface area contributed by atoms with Crippen molar-refractivity contribution in [1.82, 2.24) is 15.5 Å². The van der Waals surface area contributed by atoms with Crippen molar-refractivity contribution in [2.24, 2.45) is 11.8 Å². The predicted octanol–water partition coefficient (Wildman–Crippen LogP) is 3.68. The first-order valence-electron chi connectivity index (χ1n) is 12.5. The van der Waals surface area contributed by atoms with E-state index in [-0.39, 0.29) is 24.9 Å². The van der Waals surface area contributed by atoms with Gasteiger partial charge in [-0.3, -0.25) is 9.59 Å². The molecule has 9 heteroatoms. The van der Waals surface area contributed by atoms with Crippen molar-refractivity contribution in [3.05, 3.63) is 30.3 Å². The molecule has 3 fully saturated rings. The second-order valence-electron chi connectivity index (χ2n) is 10.0. The fourth-order valence-electron chi connectivity index (χ4n) is 5.97. The van der Waals surface area contributed by atoms with E-state index in [9.17, 15) is 22.8 Å². The molecule has 2 saturated heterocycles. The molecule has 2 unspecified atom stereocenters. The van der Waals surface area contributed by atoms with E-state index in [4.69, 9.17) is 0 Å². The zero-order valence-corrected chi connectivity index (χ0v) is 19.6. The number of hydrogen-bond donors (Lipinski definition) is 2. The molecule has 4 rings (SSSR count). The van der Waals surface area contributed by atoms with Gasteiger partial charge in [0.1, 0.15) is 5.66 Å². The third kappa shape index (κ3) is 5.67. The minimum absolute atomic E-state index is 0.149. The second-order valence-corrected chi connectivity index (χ2v) is 10.0. The van der Waals surface area contributed by atoms with Crippen molar-refractivity contribution in [3.8, 4) is 0 Å². The highest BCUT2D eigenvalue weighted by atomic mass is 19.4. The van der Waals surface area contributed by atoms with Gasteiger partial charge in [0, 0.05) is 44.2 Å². The quantitative estimate of drug-likeness (QED) is 0.675. The summed E-state index contributed by atoms with van der Waals surface area (Å²) in [4.78, 5) is 28.5. The van der Waals surface area contributed by atoms with E-state index >= 15 is 0 Å². The Balaban J connectivity index is 1.54. The topological polar surface area (TPSA) is 64.7 Å². The van der Waals surface area contributed by atoms with Crippen LogP contribution in [0.3, 0.4) is 0 Å². The van der Waals surface area contributed by atoms with Gasteiger partial charge in [-0.15, -0.1) is 0 Å². The normalized spacial score (nSPS) is 27.3. The molecule has 0 radical (unpaired) electrons. The molecule has 0 aromatic heterocycles. The van der Waals surface area contributed by atoms with E-state index in [1.807, 2.05) is 35.2 Å². The molecule has 1 aromatic rings. The number of amides is 2. The van der Waals surface area contributed by atoms with Gasteiger partial charge in [-0.1, -0.05) is 50.3 Å². The lowest BCUT2D eigenvalue weighted by molar-refractivity contribution is -0.174. The van der Waals surface area contributed by atoms with E-state index in [1.165, 1.54) is 44.9 Å². The Kier molecular flexibility index (Phi) is 7.70. The molecule has 1 spiro atoms. The van der Waals surface area contributed by atoms with Crippen molar-refractivity contribution >= 4 is 17.5 Å². The highest BCUT2D eigenvalue weighted by Gasteiger charge is 2.53. The Morgan fingerprint density at radius 3 is 2.44 bits per heavy atom. The van der Waals surface area contributed by atoms with Gasteiger partial charge in [0.25, 0.3) is 0 Å². The van der Waals surface area contributed by atoms with Crippen LogP contribution in [-0.2, 0) is 9.59 Å². The third-order valence-electron chi connectivity index (χ3n) is 7.68. The van der Waals surface area contributed by atoms with Crippen molar-refractivity contribution < 1.29 is 22.8 Å². The number of likely N-dealkylation sites (tertiary alicyclic amines) is 1. The Morgan fingerprint density at radius 2 is 1.76 bits per heavy atom. The fraction of sp³-hybridized carbons (Fsp3) is 0.680. The summed E-state index contributed by atoms with van der Waals surface area (Å²) in [6, 6.07) is 9.48. The van der Waals surface area contributed by atoms with Crippen LogP contribution in [0.2, 0.25) is 0 Å². The summed E-state index contributed by atoms with van der Waals surface area (Å²) in [6.45, 7) is 2.20. The maximum atomic E-state index is 12.9. The van der Waals surface area contributed by atoms with Gasteiger partial charge < -0.3 is 20.4 Å². The van der Waals surface area contributed by atoms with Gasteiger partial charge in [-0.05, 0) is 30.9 Å². The molecule has 2 N–H and O–H groups in total. The second kappa shape index (κ2) is 10.5. The van der Waals surface area contributed by atoms with Crippen LogP contribution in [0.4, 0.5) is 18.9 Å². The summed E-state index contributed by atoms with van der Waals surface area (Å²) in [5.41, 5.74) is 0.0239. The van der Waals surface area contributed by atoms with Crippen LogP contribution < -0.4 is 15.5 Å². The number of halogens is 3. The highest BCUT2D eigenvalue weighted by molar-refractivity contribution is 5.87. The summed E-state index contributed by atoms with van der Waals surface area (Å²) >= 11 is 0. The van der Waals surface area contributed by atoms with E-state index in [0.29, 0.717) is 18.9 Å². The summed E-state index contributed by atoms with van der Waals surface area (Å²) in [7, 11) is 0. The lowest BCUT2D eigenvalue weighted by Gasteiger charge is -2.51. The first-order valence-corrected chi connectivity index (χ1v) is 12.5. The molecular weight excluding hydrogens is 445 g/mol. The lowest BCUT2D eigenvalue weighted by atomic mass is 9.82. The number of benzene rings is 1. The zero-order chi connectivity index (χ0) is 24.2. The molecule has 2 amide bonds. The summed E-state index contributed by atoms with van der Waals surface area (Å²) in [5, 5.41) is 5.20. The number of anilines is 1. The number of carbonyl (C=O) groups excluding carboxylic acids is 2. The first kappa shape index (κ1) is 24.8. The molecular formula is C25H35F3N4O2. The SMILES string of the molecule is O=C1CN(c2ccccc2)C2(CCN(CC3CCCCCCC3)CC2CNC(=O)C(F)(F)F)N1. The molecule has 2 heterocycles. The number of piperidine rings is 1. The molecule has 6 nitrogen and oxygen atoms in total. The maximum Gasteiger partial charge on any atom is 0.471 e. The number of carbonyl (C=O) groups is 2. The number of alkyl halides is 3. The van der Waals surface area contributed by atoms with E-state index in [1.54, 1.807) is 0 Å². The molecule has 34 heavy (non-hydrogen) atoms. The Hall–Kier alpha value is -2.29. The summed E-state index contributed by atoms with van der Waals surface area (Å²) in [6.07, 6.45) is 4.32. The van der Waals surface area contributed by atoms with Crippen molar-refractivity contribution in [2.75, 3.05) is 37.6 Å². The number of nitrogens with one attached hydrogen (secondary N) is 2. The average Bonchev–Trinajstić information content (AvgIpc) is 3.12. The van der Waals surface area contributed by atoms with Crippen molar-refractivity contribution in [2.45, 2.75) is 63.2 Å². The van der Waals surface area contributed by atoms with Crippen LogP contribution >= 0.6 is 0 Å².